The monoisotopic (exact) mass is 392 g/mol. The molecular formula is C17H24N6O3S. The Labute approximate surface area is 159 Å². The van der Waals surface area contributed by atoms with Gasteiger partial charge in [0.15, 0.2) is 0 Å². The van der Waals surface area contributed by atoms with E-state index in [0.29, 0.717) is 29.8 Å². The van der Waals surface area contributed by atoms with Crippen molar-refractivity contribution in [2.45, 2.75) is 31.1 Å². The molecule has 27 heavy (non-hydrogen) atoms. The second-order valence-electron chi connectivity index (χ2n) is 6.54. The zero-order chi connectivity index (χ0) is 19.3. The van der Waals surface area contributed by atoms with Crippen molar-refractivity contribution in [2.24, 2.45) is 5.14 Å². The standard InChI is InChI=1S/C17H24N6O3S/c1-26-10-15-7-2-3-8-23(15)17-20-12-19-16(22-17)21-14-6-4-5-13(9-14)11-27(18,24)25/h4-6,9,12,15H,2-3,7-8,10-11H2,1H3,(H2,18,24,25)(H,19,20,21,22)/t15-/m1/s1. The summed E-state index contributed by atoms with van der Waals surface area (Å²) in [7, 11) is -1.89. The Hall–Kier alpha value is -2.30. The van der Waals surface area contributed by atoms with Gasteiger partial charge in [-0.2, -0.15) is 4.98 Å². The van der Waals surface area contributed by atoms with E-state index in [1.165, 1.54) is 6.33 Å². The molecule has 0 spiro atoms. The molecule has 1 fully saturated rings. The van der Waals surface area contributed by atoms with Crippen molar-refractivity contribution >= 4 is 27.6 Å². The summed E-state index contributed by atoms with van der Waals surface area (Å²) in [5, 5.41) is 8.21. The summed E-state index contributed by atoms with van der Waals surface area (Å²) in [5.74, 6) is 0.779. The van der Waals surface area contributed by atoms with Crippen molar-refractivity contribution in [1.29, 1.82) is 0 Å². The second kappa shape index (κ2) is 8.59. The molecule has 0 unspecified atom stereocenters. The van der Waals surface area contributed by atoms with Crippen LogP contribution in [0.5, 0.6) is 0 Å². The van der Waals surface area contributed by atoms with E-state index in [-0.39, 0.29) is 11.8 Å². The van der Waals surface area contributed by atoms with Gasteiger partial charge in [0.05, 0.1) is 18.4 Å². The van der Waals surface area contributed by atoms with Gasteiger partial charge < -0.3 is 15.0 Å². The fourth-order valence-electron chi connectivity index (χ4n) is 3.22. The first-order valence-corrected chi connectivity index (χ1v) is 10.5. The number of nitrogens with one attached hydrogen (secondary N) is 1. The highest BCUT2D eigenvalue weighted by Crippen LogP contribution is 2.23. The number of hydrogen-bond donors (Lipinski definition) is 2. The van der Waals surface area contributed by atoms with Gasteiger partial charge in [-0.1, -0.05) is 12.1 Å². The summed E-state index contributed by atoms with van der Waals surface area (Å²) in [4.78, 5) is 15.2. The lowest BCUT2D eigenvalue weighted by Gasteiger charge is -2.35. The number of sulfonamides is 1. The number of benzene rings is 1. The minimum absolute atomic E-state index is 0.225. The molecule has 0 radical (unpaired) electrons. The third-order valence-electron chi connectivity index (χ3n) is 4.35. The lowest BCUT2D eigenvalue weighted by Crippen LogP contribution is -2.43. The highest BCUT2D eigenvalue weighted by Gasteiger charge is 2.24. The first-order chi connectivity index (χ1) is 12.9. The summed E-state index contributed by atoms with van der Waals surface area (Å²) in [6, 6.07) is 7.23. The first-order valence-electron chi connectivity index (χ1n) is 8.75. The summed E-state index contributed by atoms with van der Waals surface area (Å²) < 4.78 is 27.9. The number of nitrogens with zero attached hydrogens (tertiary/aromatic N) is 4. The molecule has 2 heterocycles. The largest absolute Gasteiger partial charge is 0.383 e. The molecule has 0 saturated carbocycles. The zero-order valence-electron chi connectivity index (χ0n) is 15.2. The maximum atomic E-state index is 11.3. The van der Waals surface area contributed by atoms with Crippen molar-refractivity contribution in [2.75, 3.05) is 30.5 Å². The third-order valence-corrected chi connectivity index (χ3v) is 5.09. The van der Waals surface area contributed by atoms with Crippen molar-refractivity contribution in [1.82, 2.24) is 15.0 Å². The lowest BCUT2D eigenvalue weighted by atomic mass is 10.0. The van der Waals surface area contributed by atoms with E-state index in [2.05, 4.69) is 25.2 Å². The Morgan fingerprint density at radius 2 is 2.19 bits per heavy atom. The molecular weight excluding hydrogens is 368 g/mol. The number of hydrogen-bond acceptors (Lipinski definition) is 8. The molecule has 3 rings (SSSR count). The Kier molecular flexibility index (Phi) is 6.19. The maximum Gasteiger partial charge on any atom is 0.231 e. The molecule has 146 valence electrons. The lowest BCUT2D eigenvalue weighted by molar-refractivity contribution is 0.165. The number of piperidine rings is 1. The van der Waals surface area contributed by atoms with Crippen LogP contribution in [0.3, 0.4) is 0 Å². The molecule has 3 N–H and O–H groups in total. The van der Waals surface area contributed by atoms with Crippen LogP contribution < -0.4 is 15.4 Å². The Balaban J connectivity index is 1.77. The van der Waals surface area contributed by atoms with Crippen LogP contribution in [0.1, 0.15) is 24.8 Å². The molecule has 1 atom stereocenters. The molecule has 1 aromatic heterocycles. The van der Waals surface area contributed by atoms with E-state index in [4.69, 9.17) is 9.88 Å². The van der Waals surface area contributed by atoms with Crippen LogP contribution in [-0.4, -0.2) is 49.7 Å². The molecule has 0 aliphatic carbocycles. The van der Waals surface area contributed by atoms with Crippen LogP contribution in [0.15, 0.2) is 30.6 Å². The van der Waals surface area contributed by atoms with Crippen LogP contribution in [0.4, 0.5) is 17.6 Å². The van der Waals surface area contributed by atoms with Gasteiger partial charge in [0.2, 0.25) is 21.9 Å². The van der Waals surface area contributed by atoms with Crippen molar-refractivity contribution < 1.29 is 13.2 Å². The predicted molar refractivity (Wildman–Crippen MR) is 103 cm³/mol. The van der Waals surface area contributed by atoms with E-state index in [1.807, 2.05) is 6.07 Å². The summed E-state index contributed by atoms with van der Waals surface area (Å²) in [6.07, 6.45) is 4.76. The molecule has 0 amide bonds. The van der Waals surface area contributed by atoms with E-state index in [1.54, 1.807) is 25.3 Å². The van der Waals surface area contributed by atoms with Crippen LogP contribution in [0.2, 0.25) is 0 Å². The van der Waals surface area contributed by atoms with E-state index < -0.39 is 10.0 Å². The van der Waals surface area contributed by atoms with Gasteiger partial charge in [-0.15, -0.1) is 0 Å². The van der Waals surface area contributed by atoms with E-state index >= 15 is 0 Å². The fraction of sp³-hybridized carbons (Fsp3) is 0.471. The molecule has 1 aliphatic heterocycles. The molecule has 10 heteroatoms. The number of primary sulfonamides is 1. The van der Waals surface area contributed by atoms with Gasteiger partial charge in [0.25, 0.3) is 0 Å². The summed E-state index contributed by atoms with van der Waals surface area (Å²) in [5.41, 5.74) is 1.27. The number of nitrogens with two attached hydrogens (primary N) is 1. The van der Waals surface area contributed by atoms with Crippen molar-refractivity contribution in [3.8, 4) is 0 Å². The van der Waals surface area contributed by atoms with E-state index in [9.17, 15) is 8.42 Å². The topological polar surface area (TPSA) is 123 Å². The Morgan fingerprint density at radius 1 is 1.33 bits per heavy atom. The van der Waals surface area contributed by atoms with Crippen LogP contribution in [0.25, 0.3) is 0 Å². The SMILES string of the molecule is COC[C@H]1CCCCN1c1ncnc(Nc2cccc(CS(N)(=O)=O)c2)n1. The van der Waals surface area contributed by atoms with Gasteiger partial charge in [-0.3, -0.25) is 0 Å². The molecule has 2 aromatic rings. The van der Waals surface area contributed by atoms with E-state index in [0.717, 1.165) is 25.8 Å². The highest BCUT2D eigenvalue weighted by molar-refractivity contribution is 7.88. The fourth-order valence-corrected chi connectivity index (χ4v) is 3.86. The average molecular weight is 392 g/mol. The number of rotatable bonds is 7. The van der Waals surface area contributed by atoms with Crippen molar-refractivity contribution in [3.63, 3.8) is 0 Å². The molecule has 9 nitrogen and oxygen atoms in total. The van der Waals surface area contributed by atoms with Gasteiger partial charge >= 0.3 is 0 Å². The zero-order valence-corrected chi connectivity index (χ0v) is 16.0. The second-order valence-corrected chi connectivity index (χ2v) is 8.15. The summed E-state index contributed by atoms with van der Waals surface area (Å²) in [6.45, 7) is 1.51. The third kappa shape index (κ3) is 5.59. The van der Waals surface area contributed by atoms with Gasteiger partial charge in [0.1, 0.15) is 6.33 Å². The van der Waals surface area contributed by atoms with Crippen LogP contribution in [0, 0.1) is 0 Å². The minimum Gasteiger partial charge on any atom is -0.383 e. The molecule has 1 aliphatic rings. The van der Waals surface area contributed by atoms with Crippen LogP contribution in [-0.2, 0) is 20.5 Å². The molecule has 1 saturated heterocycles. The Morgan fingerprint density at radius 3 is 2.96 bits per heavy atom. The molecule has 1 aromatic carbocycles. The number of aromatic nitrogens is 3. The smallest absolute Gasteiger partial charge is 0.231 e. The number of ether oxygens (including phenoxy) is 1. The first kappa shape index (κ1) is 19.5. The Bertz CT molecular complexity index is 874. The molecule has 0 bridgehead atoms. The minimum atomic E-state index is -3.59. The quantitative estimate of drug-likeness (QED) is 0.725. The average Bonchev–Trinajstić information content (AvgIpc) is 2.61. The number of methoxy groups -OCH3 is 1. The number of anilines is 3. The normalized spacial score (nSPS) is 17.7. The van der Waals surface area contributed by atoms with Gasteiger partial charge in [0, 0.05) is 19.3 Å². The maximum absolute atomic E-state index is 11.3. The summed E-state index contributed by atoms with van der Waals surface area (Å²) >= 11 is 0. The van der Waals surface area contributed by atoms with Gasteiger partial charge in [-0.25, -0.2) is 23.5 Å². The van der Waals surface area contributed by atoms with Crippen LogP contribution >= 0.6 is 0 Å². The highest BCUT2D eigenvalue weighted by atomic mass is 32.2. The van der Waals surface area contributed by atoms with Crippen molar-refractivity contribution in [3.05, 3.63) is 36.2 Å². The predicted octanol–water partition coefficient (Wildman–Crippen LogP) is 1.41. The van der Waals surface area contributed by atoms with Gasteiger partial charge in [-0.05, 0) is 37.0 Å².